The first-order chi connectivity index (χ1) is 9.10. The van der Waals surface area contributed by atoms with Crippen LogP contribution in [0.25, 0.3) is 0 Å². The first kappa shape index (κ1) is 12.2. The Morgan fingerprint density at radius 2 is 2.26 bits per heavy atom. The van der Waals surface area contributed by atoms with E-state index in [9.17, 15) is 9.59 Å². The van der Waals surface area contributed by atoms with Crippen LogP contribution >= 0.6 is 0 Å². The number of aliphatic hydroxyl groups is 1. The molecule has 0 aromatic rings. The molecular formula is C12H13N3O4. The predicted molar refractivity (Wildman–Crippen MR) is 65.6 cm³/mol. The Bertz CT molecular complexity index is 549. The van der Waals surface area contributed by atoms with E-state index < -0.39 is 18.1 Å². The monoisotopic (exact) mass is 263 g/mol. The molecule has 0 radical (unpaired) electrons. The molecule has 0 bridgehead atoms. The summed E-state index contributed by atoms with van der Waals surface area (Å²) in [5.74, 6) is -0.563. The SMILES string of the molecule is NC1=NC2=C(N=CC2[C@@H]2O[C@H](CO)CC2=O)C(=O)C1. The number of hydrogen-bond donors (Lipinski definition) is 2. The molecule has 7 nitrogen and oxygen atoms in total. The van der Waals surface area contributed by atoms with Gasteiger partial charge in [-0.25, -0.2) is 4.99 Å². The van der Waals surface area contributed by atoms with Crippen molar-refractivity contribution in [2.24, 2.45) is 21.6 Å². The fourth-order valence-corrected chi connectivity index (χ4v) is 2.52. The van der Waals surface area contributed by atoms with E-state index in [0.717, 1.165) is 0 Å². The lowest BCUT2D eigenvalue weighted by Gasteiger charge is -2.19. The van der Waals surface area contributed by atoms with Gasteiger partial charge in [-0.3, -0.25) is 14.6 Å². The largest absolute Gasteiger partial charge is 0.394 e. The lowest BCUT2D eigenvalue weighted by molar-refractivity contribution is -0.123. The summed E-state index contributed by atoms with van der Waals surface area (Å²) < 4.78 is 5.48. The van der Waals surface area contributed by atoms with Crippen LogP contribution in [0.2, 0.25) is 0 Å². The number of ketones is 2. The molecule has 0 aromatic carbocycles. The molecule has 0 spiro atoms. The summed E-state index contributed by atoms with van der Waals surface area (Å²) in [6, 6.07) is 0. The van der Waals surface area contributed by atoms with E-state index in [0.29, 0.717) is 5.70 Å². The van der Waals surface area contributed by atoms with Crippen LogP contribution in [0.15, 0.2) is 21.4 Å². The minimum atomic E-state index is -0.740. The number of carbonyl (C=O) groups excluding carboxylic acids is 2. The molecule has 3 rings (SSSR count). The van der Waals surface area contributed by atoms with E-state index in [-0.39, 0.29) is 42.5 Å². The van der Waals surface area contributed by atoms with Gasteiger partial charge in [0.25, 0.3) is 0 Å². The van der Waals surface area contributed by atoms with Crippen molar-refractivity contribution in [2.45, 2.75) is 25.0 Å². The molecule has 0 aromatic heterocycles. The second kappa shape index (κ2) is 4.36. The minimum Gasteiger partial charge on any atom is -0.394 e. The van der Waals surface area contributed by atoms with Crippen LogP contribution in [-0.2, 0) is 14.3 Å². The molecule has 3 heterocycles. The lowest BCUT2D eigenvalue weighted by Crippen LogP contribution is -2.31. The van der Waals surface area contributed by atoms with Gasteiger partial charge >= 0.3 is 0 Å². The van der Waals surface area contributed by atoms with Crippen molar-refractivity contribution in [1.29, 1.82) is 0 Å². The van der Waals surface area contributed by atoms with E-state index in [1.54, 1.807) is 0 Å². The van der Waals surface area contributed by atoms with Crippen molar-refractivity contribution in [3.05, 3.63) is 11.4 Å². The van der Waals surface area contributed by atoms with Crippen LogP contribution in [0.3, 0.4) is 0 Å². The van der Waals surface area contributed by atoms with Crippen LogP contribution in [0, 0.1) is 5.92 Å². The molecule has 1 unspecified atom stereocenters. The van der Waals surface area contributed by atoms with E-state index in [2.05, 4.69) is 9.98 Å². The zero-order chi connectivity index (χ0) is 13.6. The Hall–Kier alpha value is -1.86. The third-order valence-corrected chi connectivity index (χ3v) is 3.41. The number of hydrogen-bond acceptors (Lipinski definition) is 7. The molecule has 3 atom stereocenters. The Morgan fingerprint density at radius 1 is 1.47 bits per heavy atom. The molecule has 0 amide bonds. The maximum absolute atomic E-state index is 11.9. The standard InChI is InChI=1S/C12H13N3O4/c13-9-2-7(17)11-10(15-9)6(3-14-11)12-8(18)1-5(4-16)19-12/h3,5-6,12,16H,1-2,4H2,(H2,13,15)/t5-,6?,12-/m0/s1. The number of aliphatic imine (C=N–C) groups is 2. The van der Waals surface area contributed by atoms with Gasteiger partial charge in [-0.15, -0.1) is 0 Å². The number of Topliss-reactive ketones (excluding diaryl/α,β-unsaturated/α-hetero) is 2. The Labute approximate surface area is 108 Å². The van der Waals surface area contributed by atoms with Gasteiger partial charge in [0.1, 0.15) is 17.6 Å². The number of rotatable bonds is 2. The van der Waals surface area contributed by atoms with Crippen LogP contribution in [0.4, 0.5) is 0 Å². The number of nitrogens with two attached hydrogens (primary N) is 1. The van der Waals surface area contributed by atoms with Gasteiger partial charge in [-0.1, -0.05) is 0 Å². The summed E-state index contributed by atoms with van der Waals surface area (Å²) in [7, 11) is 0. The Kier molecular flexibility index (Phi) is 2.79. The maximum Gasteiger partial charge on any atom is 0.190 e. The summed E-state index contributed by atoms with van der Waals surface area (Å²) in [6.07, 6.45) is 0.502. The van der Waals surface area contributed by atoms with Crippen LogP contribution in [-0.4, -0.2) is 47.5 Å². The van der Waals surface area contributed by atoms with E-state index in [4.69, 9.17) is 15.6 Å². The fourth-order valence-electron chi connectivity index (χ4n) is 2.52. The molecule has 19 heavy (non-hydrogen) atoms. The summed E-state index contributed by atoms with van der Waals surface area (Å²) in [5.41, 5.74) is 6.28. The first-order valence-corrected chi connectivity index (χ1v) is 6.03. The van der Waals surface area contributed by atoms with Crippen molar-refractivity contribution in [3.8, 4) is 0 Å². The van der Waals surface area contributed by atoms with Gasteiger partial charge in [0.05, 0.1) is 30.7 Å². The van der Waals surface area contributed by atoms with Gasteiger partial charge in [-0.2, -0.15) is 0 Å². The van der Waals surface area contributed by atoms with E-state index in [1.807, 2.05) is 0 Å². The van der Waals surface area contributed by atoms with Crippen LogP contribution in [0.5, 0.6) is 0 Å². The highest BCUT2D eigenvalue weighted by Crippen LogP contribution is 2.34. The van der Waals surface area contributed by atoms with Gasteiger partial charge in [-0.05, 0) is 0 Å². The van der Waals surface area contributed by atoms with Gasteiger partial charge < -0.3 is 15.6 Å². The number of nitrogens with zero attached hydrogens (tertiary/aromatic N) is 2. The molecule has 1 fully saturated rings. The number of carbonyl (C=O) groups is 2. The zero-order valence-corrected chi connectivity index (χ0v) is 10.1. The summed E-state index contributed by atoms with van der Waals surface area (Å²) >= 11 is 0. The topological polar surface area (TPSA) is 114 Å². The molecule has 3 aliphatic rings. The van der Waals surface area contributed by atoms with Crippen molar-refractivity contribution >= 4 is 23.6 Å². The highest BCUT2D eigenvalue weighted by Gasteiger charge is 2.43. The molecule has 0 saturated carbocycles. The van der Waals surface area contributed by atoms with E-state index >= 15 is 0 Å². The van der Waals surface area contributed by atoms with Crippen LogP contribution in [0.1, 0.15) is 12.8 Å². The van der Waals surface area contributed by atoms with Crippen LogP contribution < -0.4 is 5.73 Å². The Balaban J connectivity index is 1.90. The third kappa shape index (κ3) is 1.91. The van der Waals surface area contributed by atoms with Gasteiger partial charge in [0.15, 0.2) is 11.6 Å². The van der Waals surface area contributed by atoms with Crippen molar-refractivity contribution < 1.29 is 19.4 Å². The summed E-state index contributed by atoms with van der Waals surface area (Å²) in [6.45, 7) is -0.206. The number of amidine groups is 1. The second-order valence-electron chi connectivity index (χ2n) is 4.77. The maximum atomic E-state index is 11.9. The van der Waals surface area contributed by atoms with Gasteiger partial charge in [0, 0.05) is 12.6 Å². The third-order valence-electron chi connectivity index (χ3n) is 3.41. The summed E-state index contributed by atoms with van der Waals surface area (Å²) in [5, 5.41) is 9.04. The Morgan fingerprint density at radius 3 is 2.95 bits per heavy atom. The molecule has 7 heteroatoms. The van der Waals surface area contributed by atoms with Crippen molar-refractivity contribution in [1.82, 2.24) is 0 Å². The highest BCUT2D eigenvalue weighted by atomic mass is 16.5. The molecule has 3 aliphatic heterocycles. The molecule has 0 aliphatic carbocycles. The quantitative estimate of drug-likeness (QED) is 0.659. The minimum absolute atomic E-state index is 0.0572. The fraction of sp³-hybridized carbons (Fsp3) is 0.500. The van der Waals surface area contributed by atoms with Crippen molar-refractivity contribution in [3.63, 3.8) is 0 Å². The van der Waals surface area contributed by atoms with Gasteiger partial charge in [0.2, 0.25) is 0 Å². The molecule has 1 saturated heterocycles. The molecular weight excluding hydrogens is 250 g/mol. The molecule has 3 N–H and O–H groups in total. The number of ether oxygens (including phenoxy) is 1. The molecule has 100 valence electrons. The number of allylic oxidation sites excluding steroid dienone is 1. The van der Waals surface area contributed by atoms with E-state index in [1.165, 1.54) is 6.21 Å². The predicted octanol–water partition coefficient (Wildman–Crippen LogP) is -1.05. The second-order valence-corrected chi connectivity index (χ2v) is 4.77. The average molecular weight is 263 g/mol. The normalized spacial score (nSPS) is 33.9. The highest BCUT2D eigenvalue weighted by molar-refractivity contribution is 6.13. The van der Waals surface area contributed by atoms with Crippen molar-refractivity contribution in [2.75, 3.05) is 6.61 Å². The summed E-state index contributed by atoms with van der Waals surface area (Å²) in [4.78, 5) is 31.8. The first-order valence-electron chi connectivity index (χ1n) is 6.03. The zero-order valence-electron chi connectivity index (χ0n) is 10.1. The lowest BCUT2D eigenvalue weighted by atomic mass is 9.95. The smallest absolute Gasteiger partial charge is 0.190 e. The average Bonchev–Trinajstić information content (AvgIpc) is 2.92. The number of aliphatic hydroxyl groups excluding tert-OH is 1.